The van der Waals surface area contributed by atoms with Gasteiger partial charge in [0, 0.05) is 48.8 Å². The number of nitrogens with one attached hydrogen (secondary N) is 3. The van der Waals surface area contributed by atoms with Gasteiger partial charge in [0.15, 0.2) is 5.82 Å². The molecular formula is C32H37N5O3. The summed E-state index contributed by atoms with van der Waals surface area (Å²) in [6, 6.07) is 21.0. The van der Waals surface area contributed by atoms with Crippen LogP contribution in [0.1, 0.15) is 47.8 Å². The summed E-state index contributed by atoms with van der Waals surface area (Å²) >= 11 is 0. The Morgan fingerprint density at radius 2 is 1.70 bits per heavy atom. The lowest BCUT2D eigenvalue weighted by atomic mass is 9.86. The fraction of sp³-hybridized carbons (Fsp3) is 0.281. The summed E-state index contributed by atoms with van der Waals surface area (Å²) in [6.45, 7) is 9.61. The third-order valence-corrected chi connectivity index (χ3v) is 6.78. The fourth-order valence-corrected chi connectivity index (χ4v) is 4.34. The summed E-state index contributed by atoms with van der Waals surface area (Å²) < 4.78 is 1.50. The molecule has 3 aromatic carbocycles. The summed E-state index contributed by atoms with van der Waals surface area (Å²) in [5.74, 6) is 0.0189. The minimum atomic E-state index is -0.252. The van der Waals surface area contributed by atoms with E-state index in [4.69, 9.17) is 5.11 Å². The third kappa shape index (κ3) is 6.83. The van der Waals surface area contributed by atoms with Crippen LogP contribution in [0.5, 0.6) is 0 Å². The number of carbonyl (C=O) groups is 1. The Labute approximate surface area is 235 Å². The zero-order chi connectivity index (χ0) is 28.9. The highest BCUT2D eigenvalue weighted by molar-refractivity contribution is 6.05. The Morgan fingerprint density at radius 3 is 2.35 bits per heavy atom. The molecule has 8 heteroatoms. The van der Waals surface area contributed by atoms with Crippen LogP contribution in [0.2, 0.25) is 0 Å². The van der Waals surface area contributed by atoms with Crippen molar-refractivity contribution < 1.29 is 9.90 Å². The zero-order valence-corrected chi connectivity index (χ0v) is 23.7. The summed E-state index contributed by atoms with van der Waals surface area (Å²) in [6.07, 6.45) is 1.70. The number of rotatable bonds is 9. The van der Waals surface area contributed by atoms with Gasteiger partial charge in [0.25, 0.3) is 11.5 Å². The maximum atomic E-state index is 13.0. The van der Waals surface area contributed by atoms with E-state index >= 15 is 0 Å². The van der Waals surface area contributed by atoms with Crippen LogP contribution in [0.3, 0.4) is 0 Å². The number of aromatic nitrogens is 2. The number of benzene rings is 3. The standard InChI is InChI=1S/C32H37N5O3/c1-21-26(7-6-8-27(21)36-30(39)23-11-13-24(14-12-23)32(2,3)4)28-20-37(5)31(40)29(35-28)34-25-15-9-22(10-16-25)19-33-17-18-38/h6-16,20,33,38H,17-19H2,1-5H3,(H,34,35)(H,36,39). The molecule has 4 rings (SSSR count). The monoisotopic (exact) mass is 539 g/mol. The molecule has 0 saturated carbocycles. The number of nitrogens with zero attached hydrogens (tertiary/aromatic N) is 2. The van der Waals surface area contributed by atoms with E-state index < -0.39 is 0 Å². The van der Waals surface area contributed by atoms with E-state index in [1.165, 1.54) is 10.1 Å². The molecule has 8 nitrogen and oxygen atoms in total. The first-order valence-corrected chi connectivity index (χ1v) is 13.3. The van der Waals surface area contributed by atoms with Crippen molar-refractivity contribution in [3.63, 3.8) is 0 Å². The first-order chi connectivity index (χ1) is 19.1. The van der Waals surface area contributed by atoms with Gasteiger partial charge in [-0.15, -0.1) is 0 Å². The van der Waals surface area contributed by atoms with Gasteiger partial charge in [0.2, 0.25) is 0 Å². The Balaban J connectivity index is 1.56. The lowest BCUT2D eigenvalue weighted by Gasteiger charge is -2.19. The van der Waals surface area contributed by atoms with E-state index in [0.29, 0.717) is 30.0 Å². The van der Waals surface area contributed by atoms with Crippen molar-refractivity contribution in [1.82, 2.24) is 14.9 Å². The molecule has 4 N–H and O–H groups in total. The molecule has 0 aliphatic carbocycles. The van der Waals surface area contributed by atoms with Gasteiger partial charge in [-0.2, -0.15) is 0 Å². The van der Waals surface area contributed by atoms with Gasteiger partial charge in [-0.3, -0.25) is 9.59 Å². The van der Waals surface area contributed by atoms with Gasteiger partial charge < -0.3 is 25.6 Å². The van der Waals surface area contributed by atoms with Gasteiger partial charge in [-0.1, -0.05) is 57.2 Å². The maximum Gasteiger partial charge on any atom is 0.293 e. The summed E-state index contributed by atoms with van der Waals surface area (Å²) in [5, 5.41) is 18.2. The summed E-state index contributed by atoms with van der Waals surface area (Å²) in [4.78, 5) is 30.6. The van der Waals surface area contributed by atoms with Crippen molar-refractivity contribution in [2.75, 3.05) is 23.8 Å². The summed E-state index contributed by atoms with van der Waals surface area (Å²) in [5.41, 5.74) is 6.25. The number of aryl methyl sites for hydroxylation is 1. The van der Waals surface area contributed by atoms with Crippen LogP contribution in [0.4, 0.5) is 17.2 Å². The topological polar surface area (TPSA) is 108 Å². The van der Waals surface area contributed by atoms with E-state index in [-0.39, 0.29) is 29.3 Å². The van der Waals surface area contributed by atoms with E-state index in [1.807, 2.05) is 73.7 Å². The Bertz CT molecular complexity index is 1540. The predicted octanol–water partition coefficient (Wildman–Crippen LogP) is 5.13. The van der Waals surface area contributed by atoms with Crippen molar-refractivity contribution >= 4 is 23.1 Å². The van der Waals surface area contributed by atoms with E-state index in [0.717, 1.165) is 22.4 Å². The highest BCUT2D eigenvalue weighted by atomic mass is 16.3. The number of anilines is 3. The molecule has 0 unspecified atom stereocenters. The summed E-state index contributed by atoms with van der Waals surface area (Å²) in [7, 11) is 1.69. The lowest BCUT2D eigenvalue weighted by molar-refractivity contribution is 0.102. The van der Waals surface area contributed by atoms with Gasteiger partial charge in [-0.25, -0.2) is 4.98 Å². The predicted molar refractivity (Wildman–Crippen MR) is 161 cm³/mol. The quantitative estimate of drug-likeness (QED) is 0.220. The highest BCUT2D eigenvalue weighted by Gasteiger charge is 2.16. The lowest BCUT2D eigenvalue weighted by Crippen LogP contribution is -2.21. The molecule has 4 aromatic rings. The maximum absolute atomic E-state index is 13.0. The Hall–Kier alpha value is -4.27. The smallest absolute Gasteiger partial charge is 0.293 e. The van der Waals surface area contributed by atoms with Crippen LogP contribution in [-0.4, -0.2) is 33.7 Å². The molecule has 0 bridgehead atoms. The van der Waals surface area contributed by atoms with Crippen LogP contribution in [0.15, 0.2) is 77.7 Å². The largest absolute Gasteiger partial charge is 0.395 e. The highest BCUT2D eigenvalue weighted by Crippen LogP contribution is 2.29. The molecule has 40 heavy (non-hydrogen) atoms. The molecule has 1 aromatic heterocycles. The molecule has 0 fully saturated rings. The molecule has 0 spiro atoms. The number of aliphatic hydroxyl groups is 1. The van der Waals surface area contributed by atoms with Crippen molar-refractivity contribution in [1.29, 1.82) is 0 Å². The molecule has 0 aliphatic rings. The molecule has 1 heterocycles. The second kappa shape index (κ2) is 12.3. The van der Waals surface area contributed by atoms with Crippen LogP contribution in [0.25, 0.3) is 11.3 Å². The average Bonchev–Trinajstić information content (AvgIpc) is 2.93. The van der Waals surface area contributed by atoms with E-state index in [2.05, 4.69) is 41.7 Å². The van der Waals surface area contributed by atoms with Crippen LogP contribution in [-0.2, 0) is 19.0 Å². The molecule has 0 radical (unpaired) electrons. The molecule has 208 valence electrons. The minimum absolute atomic E-state index is 0.0119. The average molecular weight is 540 g/mol. The zero-order valence-electron chi connectivity index (χ0n) is 23.7. The van der Waals surface area contributed by atoms with Gasteiger partial charge >= 0.3 is 0 Å². The molecule has 0 saturated heterocycles. The Morgan fingerprint density at radius 1 is 1.00 bits per heavy atom. The Kier molecular flexibility index (Phi) is 8.82. The van der Waals surface area contributed by atoms with Crippen LogP contribution < -0.4 is 21.5 Å². The number of amides is 1. The van der Waals surface area contributed by atoms with Gasteiger partial charge in [-0.05, 0) is 59.4 Å². The SMILES string of the molecule is Cc1c(NC(=O)c2ccc(C(C)(C)C)cc2)cccc1-c1cn(C)c(=O)c(Nc2ccc(CNCCO)cc2)n1. The van der Waals surface area contributed by atoms with Crippen molar-refractivity contribution in [3.8, 4) is 11.3 Å². The van der Waals surface area contributed by atoms with E-state index in [1.54, 1.807) is 13.2 Å². The van der Waals surface area contributed by atoms with Crippen molar-refractivity contribution in [2.45, 2.75) is 39.7 Å². The molecule has 0 atom stereocenters. The minimum Gasteiger partial charge on any atom is -0.395 e. The van der Waals surface area contributed by atoms with Crippen LogP contribution >= 0.6 is 0 Å². The van der Waals surface area contributed by atoms with Gasteiger partial charge in [0.1, 0.15) is 0 Å². The third-order valence-electron chi connectivity index (χ3n) is 6.78. The van der Waals surface area contributed by atoms with Crippen LogP contribution in [0, 0.1) is 6.92 Å². The number of hydrogen-bond acceptors (Lipinski definition) is 6. The first-order valence-electron chi connectivity index (χ1n) is 13.3. The van der Waals surface area contributed by atoms with Crippen molar-refractivity contribution in [3.05, 3.63) is 106 Å². The molecule has 1 amide bonds. The second-order valence-corrected chi connectivity index (χ2v) is 10.9. The van der Waals surface area contributed by atoms with E-state index in [9.17, 15) is 9.59 Å². The number of carbonyl (C=O) groups excluding carboxylic acids is 1. The number of aliphatic hydroxyl groups excluding tert-OH is 1. The van der Waals surface area contributed by atoms with Gasteiger partial charge in [0.05, 0.1) is 12.3 Å². The van der Waals surface area contributed by atoms with Crippen molar-refractivity contribution in [2.24, 2.45) is 7.05 Å². The molecule has 0 aliphatic heterocycles. The number of hydrogen-bond donors (Lipinski definition) is 4. The molecular weight excluding hydrogens is 502 g/mol. The fourth-order valence-electron chi connectivity index (χ4n) is 4.34. The first kappa shape index (κ1) is 28.7. The normalized spacial score (nSPS) is 11.3. The second-order valence-electron chi connectivity index (χ2n) is 10.9.